The van der Waals surface area contributed by atoms with Crippen molar-refractivity contribution in [2.75, 3.05) is 25.0 Å². The van der Waals surface area contributed by atoms with Crippen LogP contribution in [0.1, 0.15) is 40.1 Å². The van der Waals surface area contributed by atoms with Crippen molar-refractivity contribution >= 4 is 27.5 Å². The van der Waals surface area contributed by atoms with E-state index in [2.05, 4.69) is 10.6 Å². The summed E-state index contributed by atoms with van der Waals surface area (Å²) < 4.78 is 41.1. The molecule has 0 aromatic heterocycles. The van der Waals surface area contributed by atoms with E-state index in [1.54, 1.807) is 38.1 Å². The van der Waals surface area contributed by atoms with Crippen LogP contribution in [0, 0.1) is 5.82 Å². The summed E-state index contributed by atoms with van der Waals surface area (Å²) in [5, 5.41) is 5.48. The number of nitrogens with zero attached hydrogens (tertiary/aromatic N) is 1. The summed E-state index contributed by atoms with van der Waals surface area (Å²) in [5.74, 6) is -1.96. The zero-order valence-electron chi connectivity index (χ0n) is 19.6. The van der Waals surface area contributed by atoms with Gasteiger partial charge in [0.25, 0.3) is 11.8 Å². The molecule has 35 heavy (non-hydrogen) atoms. The van der Waals surface area contributed by atoms with Crippen molar-refractivity contribution in [1.29, 1.82) is 0 Å². The molecule has 0 spiro atoms. The van der Waals surface area contributed by atoms with Crippen molar-refractivity contribution < 1.29 is 22.4 Å². The molecule has 0 fully saturated rings. The molecule has 0 aliphatic rings. The van der Waals surface area contributed by atoms with Gasteiger partial charge in [-0.25, -0.2) is 12.8 Å². The zero-order chi connectivity index (χ0) is 25.4. The quantitative estimate of drug-likeness (QED) is 0.441. The maximum Gasteiger partial charge on any atom is 0.255 e. The molecule has 3 aromatic carbocycles. The van der Waals surface area contributed by atoms with Gasteiger partial charge in [0.15, 0.2) is 0 Å². The highest BCUT2D eigenvalue weighted by Crippen LogP contribution is 2.22. The summed E-state index contributed by atoms with van der Waals surface area (Å²) in [5.41, 5.74) is 1.55. The number of halogens is 1. The molecule has 0 atom stereocenters. The van der Waals surface area contributed by atoms with E-state index in [-0.39, 0.29) is 35.8 Å². The first-order chi connectivity index (χ1) is 16.8. The molecule has 7 nitrogen and oxygen atoms in total. The molecule has 184 valence electrons. The number of amides is 2. The Kier molecular flexibility index (Phi) is 8.73. The number of para-hydroxylation sites is 1. The van der Waals surface area contributed by atoms with E-state index in [0.29, 0.717) is 13.0 Å². The number of carbonyl (C=O) groups is 2. The molecule has 0 radical (unpaired) electrons. The molecule has 0 heterocycles. The Morgan fingerprint density at radius 3 is 2.23 bits per heavy atom. The van der Waals surface area contributed by atoms with Crippen LogP contribution in [-0.2, 0) is 16.4 Å². The van der Waals surface area contributed by atoms with E-state index < -0.39 is 26.6 Å². The molecule has 0 aliphatic heterocycles. The number of sulfonamides is 1. The first-order valence-corrected chi connectivity index (χ1v) is 12.7. The molecular weight excluding hydrogens is 469 g/mol. The Labute approximate surface area is 205 Å². The predicted molar refractivity (Wildman–Crippen MR) is 133 cm³/mol. The van der Waals surface area contributed by atoms with Crippen molar-refractivity contribution in [1.82, 2.24) is 9.62 Å². The maximum absolute atomic E-state index is 14.4. The van der Waals surface area contributed by atoms with E-state index in [1.165, 1.54) is 6.07 Å². The number of nitrogens with one attached hydrogen (secondary N) is 2. The fourth-order valence-corrected chi connectivity index (χ4v) is 5.14. The normalized spacial score (nSPS) is 11.3. The zero-order valence-corrected chi connectivity index (χ0v) is 20.4. The second kappa shape index (κ2) is 11.7. The molecule has 0 saturated heterocycles. The van der Waals surface area contributed by atoms with E-state index in [9.17, 15) is 22.4 Å². The van der Waals surface area contributed by atoms with Crippen LogP contribution in [-0.4, -0.2) is 44.2 Å². The number of anilines is 1. The fourth-order valence-electron chi connectivity index (χ4n) is 3.59. The predicted octanol–water partition coefficient (Wildman–Crippen LogP) is 4.08. The van der Waals surface area contributed by atoms with E-state index in [4.69, 9.17) is 0 Å². The van der Waals surface area contributed by atoms with Crippen LogP contribution in [0.4, 0.5) is 10.1 Å². The minimum Gasteiger partial charge on any atom is -0.352 e. The van der Waals surface area contributed by atoms with Crippen molar-refractivity contribution in [2.24, 2.45) is 0 Å². The number of benzene rings is 3. The molecule has 9 heteroatoms. The van der Waals surface area contributed by atoms with Gasteiger partial charge in [-0.1, -0.05) is 56.3 Å². The van der Waals surface area contributed by atoms with Gasteiger partial charge < -0.3 is 10.6 Å². The van der Waals surface area contributed by atoms with Crippen LogP contribution in [0.2, 0.25) is 0 Å². The second-order valence-corrected chi connectivity index (χ2v) is 9.63. The van der Waals surface area contributed by atoms with Gasteiger partial charge in [-0.15, -0.1) is 0 Å². The van der Waals surface area contributed by atoms with Gasteiger partial charge in [0.05, 0.1) is 11.3 Å². The van der Waals surface area contributed by atoms with Gasteiger partial charge in [0.2, 0.25) is 10.0 Å². The molecule has 0 aliphatic carbocycles. The largest absolute Gasteiger partial charge is 0.352 e. The standard InChI is InChI=1S/C26H28FN3O4S/c1-3-30(4-2)35(33,34)24-18-20(14-15-22(24)27)25(31)29-23-13-9-8-12-21(23)26(32)28-17-16-19-10-6-5-7-11-19/h5-15,18H,3-4,16-17H2,1-2H3,(H,28,32)(H,29,31). The lowest BCUT2D eigenvalue weighted by atomic mass is 10.1. The van der Waals surface area contributed by atoms with E-state index in [0.717, 1.165) is 22.0 Å². The Balaban J connectivity index is 1.77. The smallest absolute Gasteiger partial charge is 0.255 e. The Morgan fingerprint density at radius 1 is 0.886 bits per heavy atom. The van der Waals surface area contributed by atoms with Gasteiger partial charge in [-0.05, 0) is 42.3 Å². The molecule has 3 rings (SSSR count). The van der Waals surface area contributed by atoms with E-state index in [1.807, 2.05) is 30.3 Å². The number of hydrogen-bond donors (Lipinski definition) is 2. The van der Waals surface area contributed by atoms with Crippen LogP contribution in [0.15, 0.2) is 77.7 Å². The van der Waals surface area contributed by atoms with Gasteiger partial charge in [0.1, 0.15) is 10.7 Å². The summed E-state index contributed by atoms with van der Waals surface area (Å²) in [6.45, 7) is 4.05. The lowest BCUT2D eigenvalue weighted by Crippen LogP contribution is -2.31. The molecular formula is C26H28FN3O4S. The van der Waals surface area contributed by atoms with Gasteiger partial charge in [0, 0.05) is 25.2 Å². The SMILES string of the molecule is CCN(CC)S(=O)(=O)c1cc(C(=O)Nc2ccccc2C(=O)NCCc2ccccc2)ccc1F. The Bertz CT molecular complexity index is 1290. The van der Waals surface area contributed by atoms with Gasteiger partial charge >= 0.3 is 0 Å². The maximum atomic E-state index is 14.4. The Hall–Kier alpha value is -3.56. The topological polar surface area (TPSA) is 95.6 Å². The first kappa shape index (κ1) is 26.1. The van der Waals surface area contributed by atoms with Crippen molar-refractivity contribution in [3.05, 3.63) is 95.3 Å². The molecule has 3 aromatic rings. The molecule has 2 N–H and O–H groups in total. The molecule has 0 saturated carbocycles. The highest BCUT2D eigenvalue weighted by atomic mass is 32.2. The van der Waals surface area contributed by atoms with Crippen LogP contribution < -0.4 is 10.6 Å². The third kappa shape index (κ3) is 6.32. The lowest BCUT2D eigenvalue weighted by Gasteiger charge is -2.19. The highest BCUT2D eigenvalue weighted by Gasteiger charge is 2.26. The van der Waals surface area contributed by atoms with Gasteiger partial charge in [-0.2, -0.15) is 4.31 Å². The van der Waals surface area contributed by atoms with Crippen LogP contribution >= 0.6 is 0 Å². The molecule has 0 unspecified atom stereocenters. The second-order valence-electron chi connectivity index (χ2n) is 7.73. The average Bonchev–Trinajstić information content (AvgIpc) is 2.85. The summed E-state index contributed by atoms with van der Waals surface area (Å²) in [6.07, 6.45) is 0.653. The summed E-state index contributed by atoms with van der Waals surface area (Å²) in [7, 11) is -4.10. The number of carbonyl (C=O) groups excluding carboxylic acids is 2. The van der Waals surface area contributed by atoms with Crippen LogP contribution in [0.5, 0.6) is 0 Å². The molecule has 0 bridgehead atoms. The van der Waals surface area contributed by atoms with Crippen molar-refractivity contribution in [3.8, 4) is 0 Å². The third-order valence-corrected chi connectivity index (χ3v) is 7.54. The average molecular weight is 498 g/mol. The fraction of sp³-hybridized carbons (Fsp3) is 0.231. The number of hydrogen-bond acceptors (Lipinski definition) is 4. The van der Waals surface area contributed by atoms with Crippen molar-refractivity contribution in [3.63, 3.8) is 0 Å². The Morgan fingerprint density at radius 2 is 1.54 bits per heavy atom. The first-order valence-electron chi connectivity index (χ1n) is 11.3. The lowest BCUT2D eigenvalue weighted by molar-refractivity contribution is 0.0955. The number of rotatable bonds is 10. The van der Waals surface area contributed by atoms with Crippen LogP contribution in [0.25, 0.3) is 0 Å². The highest BCUT2D eigenvalue weighted by molar-refractivity contribution is 7.89. The molecule has 2 amide bonds. The van der Waals surface area contributed by atoms with E-state index >= 15 is 0 Å². The summed E-state index contributed by atoms with van der Waals surface area (Å²) in [4.78, 5) is 25.1. The summed E-state index contributed by atoms with van der Waals surface area (Å²) >= 11 is 0. The minimum atomic E-state index is -4.10. The van der Waals surface area contributed by atoms with Crippen LogP contribution in [0.3, 0.4) is 0 Å². The van der Waals surface area contributed by atoms with Gasteiger partial charge in [-0.3, -0.25) is 9.59 Å². The minimum absolute atomic E-state index is 0.0450. The third-order valence-electron chi connectivity index (χ3n) is 5.48. The summed E-state index contributed by atoms with van der Waals surface area (Å²) in [6, 6.07) is 19.4. The van der Waals surface area contributed by atoms with Crippen molar-refractivity contribution in [2.45, 2.75) is 25.2 Å². The monoisotopic (exact) mass is 497 g/mol.